The van der Waals surface area contributed by atoms with Crippen molar-refractivity contribution in [2.45, 2.75) is 26.4 Å². The number of nitrogens with zero attached hydrogens (tertiary/aromatic N) is 3. The zero-order valence-corrected chi connectivity index (χ0v) is 10.9. The van der Waals surface area contributed by atoms with E-state index in [0.29, 0.717) is 4.68 Å². The van der Waals surface area contributed by atoms with Crippen molar-refractivity contribution in [3.8, 4) is 0 Å². The molecular weight excluding hydrogens is 258 g/mol. The van der Waals surface area contributed by atoms with Gasteiger partial charge >= 0.3 is 17.7 Å². The van der Waals surface area contributed by atoms with E-state index in [1.807, 2.05) is 0 Å². The minimum absolute atomic E-state index is 0.557. The first-order chi connectivity index (χ1) is 8.65. The number of hydrogen-bond acceptors (Lipinski definition) is 7. The summed E-state index contributed by atoms with van der Waals surface area (Å²) < 4.78 is 9.91. The minimum Gasteiger partial charge on any atom is -0.464 e. The minimum atomic E-state index is -1.01. The van der Waals surface area contributed by atoms with Crippen molar-refractivity contribution < 1.29 is 24.0 Å². The molecule has 9 heteroatoms. The molecule has 0 aliphatic heterocycles. The fourth-order valence-corrected chi connectivity index (χ4v) is 1.14. The molecule has 0 fully saturated rings. The summed E-state index contributed by atoms with van der Waals surface area (Å²) in [6, 6.07) is 0. The quantitative estimate of drug-likeness (QED) is 0.453. The molecule has 0 atom stereocenters. The van der Waals surface area contributed by atoms with Crippen LogP contribution in [0.15, 0.2) is 6.20 Å². The summed E-state index contributed by atoms with van der Waals surface area (Å²) >= 11 is 0. The molecule has 0 bridgehead atoms. The van der Waals surface area contributed by atoms with Crippen LogP contribution in [0.5, 0.6) is 0 Å². The van der Waals surface area contributed by atoms with E-state index in [9.17, 15) is 19.7 Å². The van der Waals surface area contributed by atoms with Gasteiger partial charge in [0.15, 0.2) is 0 Å². The third kappa shape index (κ3) is 3.50. The van der Waals surface area contributed by atoms with Gasteiger partial charge in [-0.2, -0.15) is 4.68 Å². The van der Waals surface area contributed by atoms with Crippen LogP contribution in [-0.2, 0) is 9.47 Å². The van der Waals surface area contributed by atoms with Crippen molar-refractivity contribution in [3.63, 3.8) is 0 Å². The first kappa shape index (κ1) is 14.6. The maximum atomic E-state index is 11.7. The molecule has 0 aliphatic carbocycles. The van der Waals surface area contributed by atoms with Crippen molar-refractivity contribution >= 4 is 17.7 Å². The van der Waals surface area contributed by atoms with E-state index in [0.717, 1.165) is 13.3 Å². The van der Waals surface area contributed by atoms with Gasteiger partial charge in [-0.3, -0.25) is 10.1 Å². The van der Waals surface area contributed by atoms with E-state index in [2.05, 4.69) is 9.84 Å². The highest BCUT2D eigenvalue weighted by Gasteiger charge is 2.29. The maximum Gasteiger partial charge on any atom is 0.435 e. The first-order valence-electron chi connectivity index (χ1n) is 5.21. The second-order valence-electron chi connectivity index (χ2n) is 4.54. The summed E-state index contributed by atoms with van der Waals surface area (Å²) in [7, 11) is 1.05. The van der Waals surface area contributed by atoms with Crippen LogP contribution in [0.4, 0.5) is 10.5 Å². The van der Waals surface area contributed by atoms with Gasteiger partial charge in [0.25, 0.3) is 0 Å². The predicted molar refractivity (Wildman–Crippen MR) is 61.9 cm³/mol. The van der Waals surface area contributed by atoms with Crippen LogP contribution in [0.2, 0.25) is 0 Å². The predicted octanol–water partition coefficient (Wildman–Crippen LogP) is 1.36. The van der Waals surface area contributed by atoms with Crippen LogP contribution in [0, 0.1) is 10.1 Å². The number of carbonyl (C=O) groups excluding carboxylic acids is 2. The molecule has 0 N–H and O–H groups in total. The summed E-state index contributed by atoms with van der Waals surface area (Å²) in [4.78, 5) is 32.9. The number of rotatable bonds is 2. The average Bonchev–Trinajstić information content (AvgIpc) is 2.70. The van der Waals surface area contributed by atoms with Gasteiger partial charge in [-0.1, -0.05) is 0 Å². The van der Waals surface area contributed by atoms with Crippen LogP contribution in [-0.4, -0.2) is 39.5 Å². The molecular formula is C10H13N3O6. The van der Waals surface area contributed by atoms with E-state index in [4.69, 9.17) is 4.74 Å². The summed E-state index contributed by atoms with van der Waals surface area (Å²) in [5.41, 5.74) is -1.97. The van der Waals surface area contributed by atoms with Crippen molar-refractivity contribution in [3.05, 3.63) is 22.0 Å². The number of methoxy groups -OCH3 is 1. The molecule has 104 valence electrons. The van der Waals surface area contributed by atoms with E-state index in [-0.39, 0.29) is 0 Å². The fourth-order valence-electron chi connectivity index (χ4n) is 1.14. The number of ether oxygens (including phenoxy) is 2. The molecule has 0 aliphatic rings. The molecule has 1 aromatic rings. The highest BCUT2D eigenvalue weighted by Crippen LogP contribution is 2.18. The van der Waals surface area contributed by atoms with Crippen LogP contribution in [0.3, 0.4) is 0 Å². The largest absolute Gasteiger partial charge is 0.464 e. The Morgan fingerprint density at radius 3 is 2.42 bits per heavy atom. The van der Waals surface area contributed by atoms with Crippen molar-refractivity contribution in [1.29, 1.82) is 0 Å². The molecule has 0 amide bonds. The Morgan fingerprint density at radius 2 is 2.00 bits per heavy atom. The lowest BCUT2D eigenvalue weighted by Gasteiger charge is -2.18. The Kier molecular flexibility index (Phi) is 3.88. The number of aromatic nitrogens is 2. The van der Waals surface area contributed by atoms with Crippen molar-refractivity contribution in [2.24, 2.45) is 0 Å². The van der Waals surface area contributed by atoms with E-state index >= 15 is 0 Å². The molecule has 1 heterocycles. The molecule has 9 nitrogen and oxygen atoms in total. The molecule has 1 rings (SSSR count). The highest BCUT2D eigenvalue weighted by molar-refractivity contribution is 5.92. The first-order valence-corrected chi connectivity index (χ1v) is 5.21. The van der Waals surface area contributed by atoms with Gasteiger partial charge in [0.2, 0.25) is 5.69 Å². The Hall–Kier alpha value is -2.45. The molecule has 19 heavy (non-hydrogen) atoms. The summed E-state index contributed by atoms with van der Waals surface area (Å²) in [6.45, 7) is 4.89. The van der Waals surface area contributed by atoms with Crippen molar-refractivity contribution in [1.82, 2.24) is 9.78 Å². The molecule has 0 saturated carbocycles. The highest BCUT2D eigenvalue weighted by atomic mass is 16.6. The summed E-state index contributed by atoms with van der Waals surface area (Å²) in [5.74, 6) is -1.01. The fraction of sp³-hybridized carbons (Fsp3) is 0.500. The normalized spacial score (nSPS) is 10.9. The third-order valence-electron chi connectivity index (χ3n) is 1.85. The average molecular weight is 271 g/mol. The van der Waals surface area contributed by atoms with Gasteiger partial charge < -0.3 is 9.47 Å². The number of esters is 1. The smallest absolute Gasteiger partial charge is 0.435 e. The molecule has 0 unspecified atom stereocenters. The second-order valence-corrected chi connectivity index (χ2v) is 4.54. The molecule has 0 saturated heterocycles. The lowest BCUT2D eigenvalue weighted by molar-refractivity contribution is -0.385. The topological polar surface area (TPSA) is 114 Å². The van der Waals surface area contributed by atoms with Gasteiger partial charge in [0.1, 0.15) is 11.8 Å². The number of nitro groups is 1. The van der Waals surface area contributed by atoms with Gasteiger partial charge in [0.05, 0.1) is 12.0 Å². The van der Waals surface area contributed by atoms with Crippen LogP contribution in [0.25, 0.3) is 0 Å². The van der Waals surface area contributed by atoms with Crippen LogP contribution < -0.4 is 0 Å². The van der Waals surface area contributed by atoms with Crippen LogP contribution >= 0.6 is 0 Å². The Balaban J connectivity index is 3.15. The monoisotopic (exact) mass is 271 g/mol. The van der Waals surface area contributed by atoms with Gasteiger partial charge in [-0.05, 0) is 20.8 Å². The molecule has 0 aromatic carbocycles. The molecule has 0 spiro atoms. The zero-order chi connectivity index (χ0) is 14.8. The molecule has 1 aromatic heterocycles. The number of carbonyl (C=O) groups is 2. The standard InChI is InChI=1S/C10H13N3O6/c1-10(2,3)19-9(15)12-5-6(13(16)17)7(11-12)8(14)18-4/h5H,1-4H3. The zero-order valence-electron chi connectivity index (χ0n) is 10.9. The second kappa shape index (κ2) is 5.04. The number of hydrogen-bond donors (Lipinski definition) is 0. The van der Waals surface area contributed by atoms with E-state index in [1.165, 1.54) is 0 Å². The van der Waals surface area contributed by atoms with Gasteiger partial charge in [-0.25, -0.2) is 9.59 Å². The lowest BCUT2D eigenvalue weighted by atomic mass is 10.2. The summed E-state index contributed by atoms with van der Waals surface area (Å²) in [6.07, 6.45) is -0.119. The van der Waals surface area contributed by atoms with E-state index in [1.54, 1.807) is 20.8 Å². The third-order valence-corrected chi connectivity index (χ3v) is 1.85. The van der Waals surface area contributed by atoms with Crippen LogP contribution in [0.1, 0.15) is 31.3 Å². The lowest BCUT2D eigenvalue weighted by Crippen LogP contribution is -2.27. The Labute approximate surface area is 108 Å². The van der Waals surface area contributed by atoms with Gasteiger partial charge in [-0.15, -0.1) is 5.10 Å². The molecule has 0 radical (unpaired) electrons. The SMILES string of the molecule is COC(=O)c1nn(C(=O)OC(C)(C)C)cc1[N+](=O)[O-]. The summed E-state index contributed by atoms with van der Waals surface area (Å²) in [5, 5.41) is 14.3. The Bertz CT molecular complexity index is 528. The Morgan fingerprint density at radius 1 is 1.42 bits per heavy atom. The maximum absolute atomic E-state index is 11.7. The van der Waals surface area contributed by atoms with Gasteiger partial charge in [0, 0.05) is 0 Å². The van der Waals surface area contributed by atoms with Crippen molar-refractivity contribution in [2.75, 3.05) is 7.11 Å². The van der Waals surface area contributed by atoms with E-state index < -0.39 is 34.0 Å².